The number of hydrogen-bond acceptors (Lipinski definition) is 7. The van der Waals surface area contributed by atoms with Crippen molar-refractivity contribution in [3.63, 3.8) is 0 Å². The van der Waals surface area contributed by atoms with Crippen LogP contribution in [0, 0.1) is 0 Å². The number of fused-ring (bicyclic) bond motifs is 8. The second kappa shape index (κ2) is 13.7. The smallest absolute Gasteiger partial charge is 0.164 e. The lowest BCUT2D eigenvalue weighted by Crippen LogP contribution is -2.00. The summed E-state index contributed by atoms with van der Waals surface area (Å²) >= 11 is 3.55. The second-order valence-corrected chi connectivity index (χ2v) is 16.7. The predicted molar refractivity (Wildman–Crippen MR) is 246 cm³/mol. The van der Waals surface area contributed by atoms with E-state index in [4.69, 9.17) is 24.4 Å². The van der Waals surface area contributed by atoms with Crippen molar-refractivity contribution >= 4 is 75.0 Å². The highest BCUT2D eigenvalue weighted by Gasteiger charge is 2.21. The van der Waals surface area contributed by atoms with Crippen LogP contribution in [-0.2, 0) is 0 Å². The molecule has 0 fully saturated rings. The zero-order valence-corrected chi connectivity index (χ0v) is 33.0. The molecule has 0 aliphatic carbocycles. The van der Waals surface area contributed by atoms with Crippen molar-refractivity contribution in [2.24, 2.45) is 0 Å². The molecule has 8 aromatic carbocycles. The molecule has 0 unspecified atom stereocenters. The maximum atomic E-state index is 6.74. The number of thiophene rings is 1. The summed E-state index contributed by atoms with van der Waals surface area (Å²) in [7, 11) is 0. The Morgan fingerprint density at radius 3 is 1.75 bits per heavy atom. The van der Waals surface area contributed by atoms with Crippen LogP contribution in [0.5, 0.6) is 0 Å². The molecule has 0 atom stereocenters. The van der Waals surface area contributed by atoms with Gasteiger partial charge in [0.05, 0.1) is 10.2 Å². The van der Waals surface area contributed by atoms with Crippen LogP contribution < -0.4 is 0 Å². The number of hydrogen-bond donors (Lipinski definition) is 0. The molecule has 0 amide bonds. The van der Waals surface area contributed by atoms with E-state index in [-0.39, 0.29) is 0 Å². The zero-order valence-electron chi connectivity index (χ0n) is 31.3. The van der Waals surface area contributed by atoms with Gasteiger partial charge in [0.15, 0.2) is 17.5 Å². The van der Waals surface area contributed by atoms with Crippen LogP contribution in [0.1, 0.15) is 0 Å². The van der Waals surface area contributed by atoms with Gasteiger partial charge >= 0.3 is 0 Å². The molecule has 5 nitrogen and oxygen atoms in total. The van der Waals surface area contributed by atoms with Crippen molar-refractivity contribution in [1.82, 2.24) is 19.9 Å². The summed E-state index contributed by atoms with van der Waals surface area (Å²) in [5, 5.41) is 5.68. The fraction of sp³-hybridized carbons (Fsp3) is 0. The molecule has 0 spiro atoms. The molecule has 4 heterocycles. The summed E-state index contributed by atoms with van der Waals surface area (Å²) in [5.74, 6) is 1.82. The quantitative estimate of drug-likeness (QED) is 0.168. The number of para-hydroxylation sites is 1. The molecule has 4 aromatic heterocycles. The van der Waals surface area contributed by atoms with Gasteiger partial charge in [-0.05, 0) is 59.2 Å². The van der Waals surface area contributed by atoms with Gasteiger partial charge in [-0.15, -0.1) is 22.7 Å². The Balaban J connectivity index is 1.02. The monoisotopic (exact) mass is 790 g/mol. The number of rotatable bonds is 6. The fourth-order valence-corrected chi connectivity index (χ4v) is 10.3. The fourth-order valence-electron chi connectivity index (χ4n) is 8.11. The number of aromatic nitrogens is 4. The molecule has 0 radical (unpaired) electrons. The standard InChI is InChI=1S/C52H30N4OS2/c1-3-13-31(14-4-1)33-17-11-19-35(27-33)50-54-49(32-15-5-2-6-16-32)55-51(56-50)36-20-12-18-34(28-36)40-30-42-48(46-39-22-7-9-23-43(39)57-47(40)46)59-52(53-42)37-25-26-45-41(29-37)38-21-8-10-24-44(38)58-45/h1-30H. The predicted octanol–water partition coefficient (Wildman–Crippen LogP) is 14.8. The van der Waals surface area contributed by atoms with Gasteiger partial charge in [0.1, 0.15) is 16.2 Å². The van der Waals surface area contributed by atoms with Crippen LogP contribution in [0.3, 0.4) is 0 Å². The average molecular weight is 791 g/mol. The van der Waals surface area contributed by atoms with E-state index in [0.29, 0.717) is 17.5 Å². The van der Waals surface area contributed by atoms with Crippen LogP contribution in [0.2, 0.25) is 0 Å². The van der Waals surface area contributed by atoms with Gasteiger partial charge in [-0.1, -0.05) is 140 Å². The van der Waals surface area contributed by atoms with Gasteiger partial charge in [-0.2, -0.15) is 0 Å². The van der Waals surface area contributed by atoms with E-state index in [0.717, 1.165) is 81.7 Å². The topological polar surface area (TPSA) is 64.7 Å². The molecule has 0 bridgehead atoms. The SMILES string of the molecule is c1ccc(-c2cccc(-c3nc(-c4ccccc4)nc(-c4cccc(-c5cc6nc(-c7ccc8sc9ccccc9c8c7)sc6c6c5oc5ccccc56)c4)n3)c2)cc1. The molecule has 12 aromatic rings. The van der Waals surface area contributed by atoms with Crippen LogP contribution in [0.15, 0.2) is 186 Å². The first-order valence-electron chi connectivity index (χ1n) is 19.4. The van der Waals surface area contributed by atoms with E-state index in [1.165, 1.54) is 20.2 Å². The summed E-state index contributed by atoms with van der Waals surface area (Å²) in [6.07, 6.45) is 0. The summed E-state index contributed by atoms with van der Waals surface area (Å²) in [4.78, 5) is 20.6. The van der Waals surface area contributed by atoms with E-state index in [1.807, 2.05) is 59.9 Å². The maximum Gasteiger partial charge on any atom is 0.164 e. The van der Waals surface area contributed by atoms with E-state index in [2.05, 4.69) is 133 Å². The molecule has 0 saturated carbocycles. The minimum Gasteiger partial charge on any atom is -0.455 e. The van der Waals surface area contributed by atoms with Crippen molar-refractivity contribution in [2.75, 3.05) is 0 Å². The van der Waals surface area contributed by atoms with Crippen LogP contribution in [0.25, 0.3) is 119 Å². The zero-order chi connectivity index (χ0) is 38.9. The molecule has 276 valence electrons. The molecule has 59 heavy (non-hydrogen) atoms. The van der Waals surface area contributed by atoms with Crippen molar-refractivity contribution in [1.29, 1.82) is 0 Å². The summed E-state index contributed by atoms with van der Waals surface area (Å²) in [6.45, 7) is 0. The van der Waals surface area contributed by atoms with Gasteiger partial charge in [0, 0.05) is 58.8 Å². The lowest BCUT2D eigenvalue weighted by atomic mass is 9.99. The highest BCUT2D eigenvalue weighted by molar-refractivity contribution is 7.26. The Labute approximate surface area is 346 Å². The van der Waals surface area contributed by atoms with Crippen LogP contribution >= 0.6 is 22.7 Å². The molecule has 12 rings (SSSR count). The first-order chi connectivity index (χ1) is 29.2. The van der Waals surface area contributed by atoms with Gasteiger partial charge in [0.2, 0.25) is 0 Å². The van der Waals surface area contributed by atoms with Crippen molar-refractivity contribution in [3.8, 4) is 67.0 Å². The summed E-state index contributed by atoms with van der Waals surface area (Å²) in [5.41, 5.74) is 10.6. The van der Waals surface area contributed by atoms with Crippen LogP contribution in [-0.4, -0.2) is 19.9 Å². The Morgan fingerprint density at radius 2 is 0.966 bits per heavy atom. The molecular formula is C52H30N4OS2. The Hall–Kier alpha value is -7.32. The Bertz CT molecular complexity index is 3570. The first kappa shape index (κ1) is 33.8. The maximum absolute atomic E-state index is 6.74. The third-order valence-corrected chi connectivity index (χ3v) is 13.2. The van der Waals surface area contributed by atoms with Crippen molar-refractivity contribution < 1.29 is 4.42 Å². The minimum atomic E-state index is 0.593. The number of nitrogens with zero attached hydrogens (tertiary/aromatic N) is 4. The molecule has 0 aliphatic heterocycles. The van der Waals surface area contributed by atoms with Gasteiger partial charge in [0.25, 0.3) is 0 Å². The molecular weight excluding hydrogens is 761 g/mol. The third kappa shape index (κ3) is 5.82. The van der Waals surface area contributed by atoms with Crippen molar-refractivity contribution in [2.45, 2.75) is 0 Å². The van der Waals surface area contributed by atoms with Gasteiger partial charge in [-0.3, -0.25) is 0 Å². The first-order valence-corrected chi connectivity index (χ1v) is 21.1. The summed E-state index contributed by atoms with van der Waals surface area (Å²) in [6, 6.07) is 63.1. The lowest BCUT2D eigenvalue weighted by molar-refractivity contribution is 0.670. The number of thiazole rings is 1. The van der Waals surface area contributed by atoms with E-state index < -0.39 is 0 Å². The van der Waals surface area contributed by atoms with Crippen LogP contribution in [0.4, 0.5) is 0 Å². The highest BCUT2D eigenvalue weighted by Crippen LogP contribution is 2.46. The number of benzene rings is 8. The highest BCUT2D eigenvalue weighted by atomic mass is 32.1. The largest absolute Gasteiger partial charge is 0.455 e. The average Bonchev–Trinajstić information content (AvgIpc) is 4.03. The minimum absolute atomic E-state index is 0.593. The lowest BCUT2D eigenvalue weighted by Gasteiger charge is -2.11. The molecule has 0 saturated heterocycles. The third-order valence-electron chi connectivity index (χ3n) is 11.0. The van der Waals surface area contributed by atoms with E-state index in [9.17, 15) is 0 Å². The second-order valence-electron chi connectivity index (χ2n) is 14.6. The number of furan rings is 1. The van der Waals surface area contributed by atoms with E-state index >= 15 is 0 Å². The van der Waals surface area contributed by atoms with Gasteiger partial charge < -0.3 is 4.42 Å². The molecule has 0 aliphatic rings. The summed E-state index contributed by atoms with van der Waals surface area (Å²) < 4.78 is 10.4. The normalized spacial score (nSPS) is 11.7. The van der Waals surface area contributed by atoms with Crippen molar-refractivity contribution in [3.05, 3.63) is 182 Å². The van der Waals surface area contributed by atoms with E-state index in [1.54, 1.807) is 11.3 Å². The Kier molecular flexibility index (Phi) is 7.82. The molecule has 7 heteroatoms. The van der Waals surface area contributed by atoms with Gasteiger partial charge in [-0.25, -0.2) is 19.9 Å². The molecule has 0 N–H and O–H groups in total. The Morgan fingerprint density at radius 1 is 0.373 bits per heavy atom.